The molecule has 0 saturated heterocycles. The van der Waals surface area contributed by atoms with Gasteiger partial charge >= 0.3 is 0 Å². The van der Waals surface area contributed by atoms with Gasteiger partial charge in [-0.3, -0.25) is 9.67 Å². The van der Waals surface area contributed by atoms with Crippen LogP contribution in [0, 0.1) is 6.92 Å². The van der Waals surface area contributed by atoms with E-state index in [1.54, 1.807) is 0 Å². The Morgan fingerprint density at radius 2 is 2.19 bits per heavy atom. The molecule has 0 bridgehead atoms. The second-order valence-electron chi connectivity index (χ2n) is 3.75. The average Bonchev–Trinajstić information content (AvgIpc) is 2.76. The van der Waals surface area contributed by atoms with Crippen LogP contribution in [-0.4, -0.2) is 14.8 Å². The molecule has 0 atom stereocenters. The predicted octanol–water partition coefficient (Wildman–Crippen LogP) is 2.22. The molecule has 0 amide bonds. The maximum Gasteiger partial charge on any atom is 0.0539 e. The standard InChI is InChI=1S/C12H16N4/c1-3-16-9-11(7-15-16)6-14-12-5-4-10(2)13-8-12/h4-5,7-9,14H,3,6H2,1-2H3. The molecule has 1 N–H and O–H groups in total. The van der Waals surface area contributed by atoms with Gasteiger partial charge in [-0.15, -0.1) is 0 Å². The second kappa shape index (κ2) is 4.79. The summed E-state index contributed by atoms with van der Waals surface area (Å²) in [5.74, 6) is 0. The number of hydrogen-bond donors (Lipinski definition) is 1. The van der Waals surface area contributed by atoms with Crippen LogP contribution in [0.1, 0.15) is 18.2 Å². The van der Waals surface area contributed by atoms with Crippen LogP contribution in [0.3, 0.4) is 0 Å². The summed E-state index contributed by atoms with van der Waals surface area (Å²) in [5.41, 5.74) is 3.25. The first kappa shape index (κ1) is 10.7. The number of hydrogen-bond acceptors (Lipinski definition) is 3. The predicted molar refractivity (Wildman–Crippen MR) is 64.2 cm³/mol. The first-order valence-electron chi connectivity index (χ1n) is 5.46. The minimum atomic E-state index is 0.782. The summed E-state index contributed by atoms with van der Waals surface area (Å²) in [6, 6.07) is 4.03. The SMILES string of the molecule is CCn1cc(CNc2ccc(C)nc2)cn1. The molecular formula is C12H16N4. The number of nitrogens with one attached hydrogen (secondary N) is 1. The first-order valence-corrected chi connectivity index (χ1v) is 5.46. The molecule has 0 aliphatic rings. The lowest BCUT2D eigenvalue weighted by Crippen LogP contribution is -1.99. The minimum Gasteiger partial charge on any atom is -0.380 e. The zero-order chi connectivity index (χ0) is 11.4. The van der Waals surface area contributed by atoms with Crippen LogP contribution in [0.15, 0.2) is 30.7 Å². The maximum absolute atomic E-state index is 4.23. The Morgan fingerprint density at radius 3 is 2.81 bits per heavy atom. The van der Waals surface area contributed by atoms with Gasteiger partial charge in [-0.05, 0) is 26.0 Å². The van der Waals surface area contributed by atoms with Gasteiger partial charge in [0.2, 0.25) is 0 Å². The molecular weight excluding hydrogens is 200 g/mol. The van der Waals surface area contributed by atoms with E-state index in [1.807, 2.05) is 36.1 Å². The summed E-state index contributed by atoms with van der Waals surface area (Å²) in [4.78, 5) is 4.23. The zero-order valence-electron chi connectivity index (χ0n) is 9.64. The highest BCUT2D eigenvalue weighted by Gasteiger charge is 1.97. The highest BCUT2D eigenvalue weighted by atomic mass is 15.3. The number of aromatic nitrogens is 3. The van der Waals surface area contributed by atoms with Gasteiger partial charge in [0.05, 0.1) is 18.1 Å². The Bertz CT molecular complexity index is 444. The Labute approximate surface area is 95.3 Å². The maximum atomic E-state index is 4.23. The third-order valence-electron chi connectivity index (χ3n) is 2.42. The molecule has 4 heteroatoms. The van der Waals surface area contributed by atoms with E-state index >= 15 is 0 Å². The van der Waals surface area contributed by atoms with Crippen LogP contribution >= 0.6 is 0 Å². The smallest absolute Gasteiger partial charge is 0.0539 e. The highest BCUT2D eigenvalue weighted by Crippen LogP contribution is 2.07. The van der Waals surface area contributed by atoms with Crippen molar-refractivity contribution in [1.82, 2.24) is 14.8 Å². The van der Waals surface area contributed by atoms with Crippen molar-refractivity contribution in [3.8, 4) is 0 Å². The Morgan fingerprint density at radius 1 is 1.31 bits per heavy atom. The Balaban J connectivity index is 1.94. The zero-order valence-corrected chi connectivity index (χ0v) is 9.64. The van der Waals surface area contributed by atoms with E-state index in [1.165, 1.54) is 5.56 Å². The molecule has 0 fully saturated rings. The molecule has 16 heavy (non-hydrogen) atoms. The lowest BCUT2D eigenvalue weighted by Gasteiger charge is -2.03. The van der Waals surface area contributed by atoms with Crippen molar-refractivity contribution in [2.24, 2.45) is 0 Å². The average molecular weight is 216 g/mol. The van der Waals surface area contributed by atoms with Gasteiger partial charge in [-0.1, -0.05) is 0 Å². The fraction of sp³-hybridized carbons (Fsp3) is 0.333. The van der Waals surface area contributed by atoms with Gasteiger partial charge in [-0.25, -0.2) is 0 Å². The third kappa shape index (κ3) is 2.59. The van der Waals surface area contributed by atoms with Crippen molar-refractivity contribution in [2.45, 2.75) is 26.9 Å². The van der Waals surface area contributed by atoms with E-state index < -0.39 is 0 Å². The van der Waals surface area contributed by atoms with Crippen molar-refractivity contribution >= 4 is 5.69 Å². The van der Waals surface area contributed by atoms with Gasteiger partial charge < -0.3 is 5.32 Å². The Kier molecular flexibility index (Phi) is 3.19. The molecule has 4 nitrogen and oxygen atoms in total. The number of anilines is 1. The molecule has 0 spiro atoms. The quantitative estimate of drug-likeness (QED) is 0.852. The van der Waals surface area contributed by atoms with Crippen LogP contribution in [-0.2, 0) is 13.1 Å². The van der Waals surface area contributed by atoms with E-state index in [2.05, 4.69) is 28.5 Å². The summed E-state index contributed by atoms with van der Waals surface area (Å²) in [7, 11) is 0. The molecule has 2 aromatic rings. The van der Waals surface area contributed by atoms with Gasteiger partial charge in [0.1, 0.15) is 0 Å². The van der Waals surface area contributed by atoms with Crippen molar-refractivity contribution in [1.29, 1.82) is 0 Å². The van der Waals surface area contributed by atoms with E-state index in [0.717, 1.165) is 24.5 Å². The summed E-state index contributed by atoms with van der Waals surface area (Å²) in [6.45, 7) is 5.75. The van der Waals surface area contributed by atoms with E-state index in [9.17, 15) is 0 Å². The largest absolute Gasteiger partial charge is 0.380 e. The van der Waals surface area contributed by atoms with Gasteiger partial charge in [0, 0.05) is 30.5 Å². The molecule has 0 unspecified atom stereocenters. The minimum absolute atomic E-state index is 0.782. The number of rotatable bonds is 4. The molecule has 0 radical (unpaired) electrons. The van der Waals surface area contributed by atoms with E-state index in [-0.39, 0.29) is 0 Å². The molecule has 0 saturated carbocycles. The van der Waals surface area contributed by atoms with Crippen LogP contribution in [0.2, 0.25) is 0 Å². The number of aryl methyl sites for hydroxylation is 2. The fourth-order valence-electron chi connectivity index (χ4n) is 1.45. The third-order valence-corrected chi connectivity index (χ3v) is 2.42. The van der Waals surface area contributed by atoms with Crippen molar-refractivity contribution in [3.63, 3.8) is 0 Å². The van der Waals surface area contributed by atoms with Gasteiger partial charge in [0.25, 0.3) is 0 Å². The lowest BCUT2D eigenvalue weighted by molar-refractivity contribution is 0.659. The van der Waals surface area contributed by atoms with Crippen molar-refractivity contribution in [2.75, 3.05) is 5.32 Å². The van der Waals surface area contributed by atoms with Crippen LogP contribution in [0.25, 0.3) is 0 Å². The molecule has 0 aromatic carbocycles. The summed E-state index contributed by atoms with van der Waals surface area (Å²) < 4.78 is 1.92. The highest BCUT2D eigenvalue weighted by molar-refractivity contribution is 5.41. The number of nitrogens with zero attached hydrogens (tertiary/aromatic N) is 3. The van der Waals surface area contributed by atoms with Crippen molar-refractivity contribution in [3.05, 3.63) is 42.0 Å². The summed E-state index contributed by atoms with van der Waals surface area (Å²) in [5, 5.41) is 7.53. The molecule has 2 aromatic heterocycles. The molecule has 84 valence electrons. The summed E-state index contributed by atoms with van der Waals surface area (Å²) >= 11 is 0. The van der Waals surface area contributed by atoms with Crippen molar-refractivity contribution < 1.29 is 0 Å². The van der Waals surface area contributed by atoms with E-state index in [4.69, 9.17) is 0 Å². The van der Waals surface area contributed by atoms with Gasteiger partial charge in [-0.2, -0.15) is 5.10 Å². The molecule has 2 heterocycles. The monoisotopic (exact) mass is 216 g/mol. The summed E-state index contributed by atoms with van der Waals surface area (Å²) in [6.07, 6.45) is 5.78. The normalized spacial score (nSPS) is 10.4. The Hall–Kier alpha value is -1.84. The molecule has 2 rings (SSSR count). The second-order valence-corrected chi connectivity index (χ2v) is 3.75. The molecule has 0 aliphatic heterocycles. The first-order chi connectivity index (χ1) is 7.78. The van der Waals surface area contributed by atoms with Crippen LogP contribution < -0.4 is 5.32 Å². The number of pyridine rings is 1. The van der Waals surface area contributed by atoms with Gasteiger partial charge in [0.15, 0.2) is 0 Å². The lowest BCUT2D eigenvalue weighted by atomic mass is 10.3. The molecule has 0 aliphatic carbocycles. The topological polar surface area (TPSA) is 42.7 Å². The van der Waals surface area contributed by atoms with E-state index in [0.29, 0.717) is 0 Å². The fourth-order valence-corrected chi connectivity index (χ4v) is 1.45. The van der Waals surface area contributed by atoms with Crippen LogP contribution in [0.5, 0.6) is 0 Å². The van der Waals surface area contributed by atoms with Crippen LogP contribution in [0.4, 0.5) is 5.69 Å².